The normalized spacial score (nSPS) is 13.2. The molecule has 0 radical (unpaired) electrons. The summed E-state index contributed by atoms with van der Waals surface area (Å²) in [4.78, 5) is 4.19. The summed E-state index contributed by atoms with van der Waals surface area (Å²) in [6, 6.07) is 8.38. The molecule has 0 heterocycles. The molecule has 4 heteroatoms. The van der Waals surface area contributed by atoms with E-state index in [1.54, 1.807) is 7.05 Å². The number of guanidine groups is 1. The molecule has 0 fully saturated rings. The summed E-state index contributed by atoms with van der Waals surface area (Å²) in [5.74, 6) is 0.853. The molecule has 1 aromatic rings. The Kier molecular flexibility index (Phi) is 6.58. The molecule has 0 aliphatic heterocycles. The minimum absolute atomic E-state index is 0.433. The van der Waals surface area contributed by atoms with Crippen molar-refractivity contribution in [2.75, 3.05) is 13.6 Å². The maximum absolute atomic E-state index is 5.94. The van der Waals surface area contributed by atoms with Crippen LogP contribution in [0.3, 0.4) is 0 Å². The number of aliphatic imine (C=N–C) groups is 1. The molecule has 1 unspecified atom stereocenters. The number of nitrogens with zero attached hydrogens (tertiary/aromatic N) is 1. The van der Waals surface area contributed by atoms with Gasteiger partial charge >= 0.3 is 0 Å². The van der Waals surface area contributed by atoms with Crippen LogP contribution in [0.2, 0.25) is 5.02 Å². The van der Waals surface area contributed by atoms with Crippen LogP contribution in [0.15, 0.2) is 29.3 Å². The van der Waals surface area contributed by atoms with Gasteiger partial charge in [-0.15, -0.1) is 0 Å². The fraction of sp³-hybridized carbons (Fsp3) is 0.500. The van der Waals surface area contributed by atoms with Crippen molar-refractivity contribution in [2.24, 2.45) is 4.99 Å². The summed E-state index contributed by atoms with van der Waals surface area (Å²) in [7, 11) is 1.79. The molecule has 1 rings (SSSR count). The van der Waals surface area contributed by atoms with Gasteiger partial charge in [0.25, 0.3) is 0 Å². The highest BCUT2D eigenvalue weighted by Gasteiger charge is 2.02. The molecule has 0 saturated carbocycles. The van der Waals surface area contributed by atoms with E-state index < -0.39 is 0 Å². The first kappa shape index (κ1) is 14.8. The lowest BCUT2D eigenvalue weighted by molar-refractivity contribution is 0.624. The van der Waals surface area contributed by atoms with Gasteiger partial charge in [-0.05, 0) is 37.5 Å². The molecule has 0 spiro atoms. The molecule has 18 heavy (non-hydrogen) atoms. The summed E-state index contributed by atoms with van der Waals surface area (Å²) in [6.07, 6.45) is 2.01. The largest absolute Gasteiger partial charge is 0.356 e. The Bertz CT molecular complexity index is 390. The summed E-state index contributed by atoms with van der Waals surface area (Å²) < 4.78 is 0. The van der Waals surface area contributed by atoms with Gasteiger partial charge in [0.2, 0.25) is 0 Å². The van der Waals surface area contributed by atoms with E-state index in [2.05, 4.69) is 35.5 Å². The number of rotatable bonds is 5. The first-order valence-corrected chi connectivity index (χ1v) is 6.75. The van der Waals surface area contributed by atoms with Gasteiger partial charge in [-0.1, -0.05) is 30.7 Å². The van der Waals surface area contributed by atoms with E-state index in [1.807, 2.05) is 18.2 Å². The van der Waals surface area contributed by atoms with Crippen molar-refractivity contribution in [3.05, 3.63) is 34.9 Å². The Hall–Kier alpha value is -1.22. The van der Waals surface area contributed by atoms with Crippen molar-refractivity contribution in [1.29, 1.82) is 0 Å². The van der Waals surface area contributed by atoms with Crippen molar-refractivity contribution >= 4 is 17.6 Å². The van der Waals surface area contributed by atoms with Gasteiger partial charge in [0.05, 0.1) is 0 Å². The zero-order valence-corrected chi connectivity index (χ0v) is 12.1. The van der Waals surface area contributed by atoms with Gasteiger partial charge in [-0.2, -0.15) is 0 Å². The topological polar surface area (TPSA) is 36.4 Å². The summed E-state index contributed by atoms with van der Waals surface area (Å²) in [5.41, 5.74) is 1.23. The van der Waals surface area contributed by atoms with Crippen LogP contribution in [0, 0.1) is 0 Å². The van der Waals surface area contributed by atoms with Crippen LogP contribution in [0.1, 0.15) is 25.8 Å². The second-order valence-corrected chi connectivity index (χ2v) is 4.77. The van der Waals surface area contributed by atoms with E-state index in [0.29, 0.717) is 6.04 Å². The van der Waals surface area contributed by atoms with Crippen molar-refractivity contribution in [3.63, 3.8) is 0 Å². The number of benzene rings is 1. The second-order valence-electron chi connectivity index (χ2n) is 4.33. The van der Waals surface area contributed by atoms with Gasteiger partial charge in [-0.3, -0.25) is 4.99 Å². The van der Waals surface area contributed by atoms with E-state index in [1.165, 1.54) is 5.56 Å². The third-order valence-corrected chi connectivity index (χ3v) is 3.05. The van der Waals surface area contributed by atoms with E-state index in [0.717, 1.165) is 30.4 Å². The molecule has 0 aliphatic rings. The predicted octanol–water partition coefficient (Wildman–Crippen LogP) is 2.85. The highest BCUT2D eigenvalue weighted by Crippen LogP contribution is 2.10. The Morgan fingerprint density at radius 2 is 2.22 bits per heavy atom. The smallest absolute Gasteiger partial charge is 0.191 e. The molecule has 0 aliphatic carbocycles. The lowest BCUT2D eigenvalue weighted by Gasteiger charge is -2.16. The van der Waals surface area contributed by atoms with E-state index >= 15 is 0 Å². The molecule has 1 atom stereocenters. The summed E-state index contributed by atoms with van der Waals surface area (Å²) >= 11 is 5.94. The highest BCUT2D eigenvalue weighted by atomic mass is 35.5. The molecule has 100 valence electrons. The van der Waals surface area contributed by atoms with Crippen LogP contribution in [-0.4, -0.2) is 25.6 Å². The second kappa shape index (κ2) is 7.98. The van der Waals surface area contributed by atoms with Gasteiger partial charge in [0.1, 0.15) is 0 Å². The SMILES string of the molecule is CCC(C)NC(=NC)NCCc1cccc(Cl)c1. The van der Waals surface area contributed by atoms with Crippen LogP contribution in [0.25, 0.3) is 0 Å². The van der Waals surface area contributed by atoms with Crippen LogP contribution >= 0.6 is 11.6 Å². The summed E-state index contributed by atoms with van der Waals surface area (Å²) in [6.45, 7) is 5.14. The van der Waals surface area contributed by atoms with Gasteiger partial charge in [-0.25, -0.2) is 0 Å². The minimum Gasteiger partial charge on any atom is -0.356 e. The number of halogens is 1. The Labute approximate surface area is 115 Å². The molecule has 0 saturated heterocycles. The van der Waals surface area contributed by atoms with E-state index in [9.17, 15) is 0 Å². The molecule has 0 amide bonds. The standard InChI is InChI=1S/C14H22ClN3/c1-4-11(2)18-14(16-3)17-9-8-12-6-5-7-13(15)10-12/h5-7,10-11H,4,8-9H2,1-3H3,(H2,16,17,18). The molecule has 2 N–H and O–H groups in total. The molecular formula is C14H22ClN3. The lowest BCUT2D eigenvalue weighted by atomic mass is 10.1. The first-order valence-electron chi connectivity index (χ1n) is 6.37. The molecule has 3 nitrogen and oxygen atoms in total. The average molecular weight is 268 g/mol. The van der Waals surface area contributed by atoms with Crippen LogP contribution < -0.4 is 10.6 Å². The number of hydrogen-bond donors (Lipinski definition) is 2. The van der Waals surface area contributed by atoms with Crippen molar-refractivity contribution in [1.82, 2.24) is 10.6 Å². The van der Waals surface area contributed by atoms with E-state index in [-0.39, 0.29) is 0 Å². The first-order chi connectivity index (χ1) is 8.65. The van der Waals surface area contributed by atoms with Crippen molar-refractivity contribution < 1.29 is 0 Å². The Morgan fingerprint density at radius 3 is 2.83 bits per heavy atom. The van der Waals surface area contributed by atoms with Crippen LogP contribution in [0.5, 0.6) is 0 Å². The quantitative estimate of drug-likeness (QED) is 0.636. The van der Waals surface area contributed by atoms with E-state index in [4.69, 9.17) is 11.6 Å². The zero-order valence-electron chi connectivity index (χ0n) is 11.3. The highest BCUT2D eigenvalue weighted by molar-refractivity contribution is 6.30. The zero-order chi connectivity index (χ0) is 13.4. The third kappa shape index (κ3) is 5.41. The Balaban J connectivity index is 2.36. The van der Waals surface area contributed by atoms with Crippen molar-refractivity contribution in [3.8, 4) is 0 Å². The predicted molar refractivity (Wildman–Crippen MR) is 79.4 cm³/mol. The molecule has 0 bridgehead atoms. The van der Waals surface area contributed by atoms with Gasteiger partial charge in [0.15, 0.2) is 5.96 Å². The van der Waals surface area contributed by atoms with Crippen LogP contribution in [-0.2, 0) is 6.42 Å². The number of hydrogen-bond acceptors (Lipinski definition) is 1. The van der Waals surface area contributed by atoms with Crippen LogP contribution in [0.4, 0.5) is 0 Å². The molecule has 1 aromatic carbocycles. The minimum atomic E-state index is 0.433. The molecule has 0 aromatic heterocycles. The maximum Gasteiger partial charge on any atom is 0.191 e. The average Bonchev–Trinajstić information content (AvgIpc) is 2.37. The fourth-order valence-corrected chi connectivity index (χ4v) is 1.76. The third-order valence-electron chi connectivity index (χ3n) is 2.81. The van der Waals surface area contributed by atoms with Gasteiger partial charge in [0, 0.05) is 24.7 Å². The molecular weight excluding hydrogens is 246 g/mol. The lowest BCUT2D eigenvalue weighted by Crippen LogP contribution is -2.42. The Morgan fingerprint density at radius 1 is 1.44 bits per heavy atom. The number of nitrogens with one attached hydrogen (secondary N) is 2. The fourth-order valence-electron chi connectivity index (χ4n) is 1.55. The van der Waals surface area contributed by atoms with Crippen molar-refractivity contribution in [2.45, 2.75) is 32.7 Å². The van der Waals surface area contributed by atoms with Gasteiger partial charge < -0.3 is 10.6 Å². The monoisotopic (exact) mass is 267 g/mol. The summed E-state index contributed by atoms with van der Waals surface area (Å²) in [5, 5.41) is 7.41. The maximum atomic E-state index is 5.94.